The highest BCUT2D eigenvalue weighted by Crippen LogP contribution is 2.23. The Morgan fingerprint density at radius 1 is 1.75 bits per heavy atom. The summed E-state index contributed by atoms with van der Waals surface area (Å²) in [6, 6.07) is 0. The van der Waals surface area contributed by atoms with Crippen molar-refractivity contribution in [1.29, 1.82) is 0 Å². The van der Waals surface area contributed by atoms with Crippen LogP contribution >= 0.6 is 11.3 Å². The molecule has 0 amide bonds. The van der Waals surface area contributed by atoms with E-state index >= 15 is 0 Å². The number of nitrogens with zero attached hydrogens (tertiary/aromatic N) is 2. The Labute approximate surface area is 76.0 Å². The van der Waals surface area contributed by atoms with Crippen LogP contribution < -0.4 is 4.90 Å². The van der Waals surface area contributed by atoms with Crippen molar-refractivity contribution in [2.24, 2.45) is 0 Å². The van der Waals surface area contributed by atoms with Gasteiger partial charge in [0.05, 0.1) is 6.10 Å². The van der Waals surface area contributed by atoms with Crippen molar-refractivity contribution in [1.82, 2.24) is 4.98 Å². The monoisotopic (exact) mass is 184 g/mol. The number of aromatic nitrogens is 1. The topological polar surface area (TPSA) is 25.4 Å². The van der Waals surface area contributed by atoms with E-state index in [0.29, 0.717) is 6.10 Å². The summed E-state index contributed by atoms with van der Waals surface area (Å²) in [5.41, 5.74) is 0. The second-order valence-corrected chi connectivity index (χ2v) is 3.67. The molecule has 4 heteroatoms. The third-order valence-electron chi connectivity index (χ3n) is 1.94. The fourth-order valence-electron chi connectivity index (χ4n) is 1.31. The van der Waals surface area contributed by atoms with Gasteiger partial charge < -0.3 is 9.64 Å². The van der Waals surface area contributed by atoms with Gasteiger partial charge in [0.25, 0.3) is 0 Å². The Morgan fingerprint density at radius 3 is 3.17 bits per heavy atom. The smallest absolute Gasteiger partial charge is 0.185 e. The van der Waals surface area contributed by atoms with Crippen molar-refractivity contribution in [3.05, 3.63) is 11.6 Å². The van der Waals surface area contributed by atoms with Gasteiger partial charge >= 0.3 is 0 Å². The molecule has 0 aromatic carbocycles. The van der Waals surface area contributed by atoms with Gasteiger partial charge in [-0.25, -0.2) is 4.98 Å². The number of hydrogen-bond donors (Lipinski definition) is 0. The zero-order valence-corrected chi connectivity index (χ0v) is 7.88. The predicted molar refractivity (Wildman–Crippen MR) is 49.7 cm³/mol. The molecule has 0 unspecified atom stereocenters. The minimum Gasteiger partial charge on any atom is -0.375 e. The number of hydrogen-bond acceptors (Lipinski definition) is 4. The predicted octanol–water partition coefficient (Wildman–Crippen LogP) is 1.37. The molecule has 1 aliphatic heterocycles. The van der Waals surface area contributed by atoms with Crippen LogP contribution in [0.4, 0.5) is 5.13 Å². The van der Waals surface area contributed by atoms with Crippen molar-refractivity contribution in [3.63, 3.8) is 0 Å². The summed E-state index contributed by atoms with van der Waals surface area (Å²) < 4.78 is 5.44. The molecule has 1 aromatic heterocycles. The first-order valence-corrected chi connectivity index (χ1v) is 5.04. The van der Waals surface area contributed by atoms with Crippen LogP contribution in [0.2, 0.25) is 0 Å². The molecule has 1 aliphatic rings. The van der Waals surface area contributed by atoms with E-state index in [0.717, 1.165) is 24.8 Å². The fraction of sp³-hybridized carbons (Fsp3) is 0.625. The molecule has 2 heterocycles. The van der Waals surface area contributed by atoms with E-state index in [1.165, 1.54) is 0 Å². The van der Waals surface area contributed by atoms with Crippen molar-refractivity contribution >= 4 is 16.5 Å². The summed E-state index contributed by atoms with van der Waals surface area (Å²) >= 11 is 1.69. The van der Waals surface area contributed by atoms with E-state index in [9.17, 15) is 0 Å². The highest BCUT2D eigenvalue weighted by molar-refractivity contribution is 7.13. The zero-order chi connectivity index (χ0) is 8.39. The Hall–Kier alpha value is -0.610. The quantitative estimate of drug-likeness (QED) is 0.709. The van der Waals surface area contributed by atoms with Gasteiger partial charge in [0, 0.05) is 31.3 Å². The molecule has 0 radical (unpaired) electrons. The summed E-state index contributed by atoms with van der Waals surface area (Å²) in [4.78, 5) is 6.46. The minimum atomic E-state index is 0.430. The summed E-state index contributed by atoms with van der Waals surface area (Å²) in [6.45, 7) is 4.85. The van der Waals surface area contributed by atoms with Gasteiger partial charge in [-0.05, 0) is 6.92 Å². The summed E-state index contributed by atoms with van der Waals surface area (Å²) in [6.07, 6.45) is 2.27. The van der Waals surface area contributed by atoms with Crippen LogP contribution in [-0.4, -0.2) is 30.8 Å². The van der Waals surface area contributed by atoms with Crippen LogP contribution in [0, 0.1) is 0 Å². The molecule has 1 aromatic rings. The summed E-state index contributed by atoms with van der Waals surface area (Å²) in [5, 5.41) is 3.12. The molecule has 0 N–H and O–H groups in total. The molecule has 2 rings (SSSR count). The molecular weight excluding hydrogens is 172 g/mol. The van der Waals surface area contributed by atoms with Crippen molar-refractivity contribution in [2.75, 3.05) is 24.6 Å². The lowest BCUT2D eigenvalue weighted by Gasteiger charge is -2.38. The van der Waals surface area contributed by atoms with E-state index < -0.39 is 0 Å². The van der Waals surface area contributed by atoms with Crippen molar-refractivity contribution in [3.8, 4) is 0 Å². The Balaban J connectivity index is 1.82. The molecule has 12 heavy (non-hydrogen) atoms. The fourth-order valence-corrected chi connectivity index (χ4v) is 1.97. The lowest BCUT2D eigenvalue weighted by molar-refractivity contribution is 0.0430. The molecule has 0 bridgehead atoms. The maximum atomic E-state index is 5.44. The number of anilines is 1. The highest BCUT2D eigenvalue weighted by Gasteiger charge is 2.28. The van der Waals surface area contributed by atoms with Crippen LogP contribution in [0.1, 0.15) is 6.92 Å². The van der Waals surface area contributed by atoms with E-state index in [1.807, 2.05) is 18.5 Å². The SMILES string of the molecule is CCOC1CN(c2nccs2)C1. The Morgan fingerprint density at radius 2 is 2.58 bits per heavy atom. The lowest BCUT2D eigenvalue weighted by atomic mass is 10.2. The van der Waals surface area contributed by atoms with E-state index in [1.54, 1.807) is 11.3 Å². The van der Waals surface area contributed by atoms with Gasteiger partial charge in [0.1, 0.15) is 0 Å². The molecule has 66 valence electrons. The van der Waals surface area contributed by atoms with Gasteiger partial charge in [0.15, 0.2) is 5.13 Å². The van der Waals surface area contributed by atoms with E-state index in [2.05, 4.69) is 9.88 Å². The van der Waals surface area contributed by atoms with Gasteiger partial charge in [0.2, 0.25) is 0 Å². The normalized spacial score (nSPS) is 17.9. The van der Waals surface area contributed by atoms with Crippen LogP contribution in [0.25, 0.3) is 0 Å². The molecule has 0 aliphatic carbocycles. The molecule has 1 fully saturated rings. The van der Waals surface area contributed by atoms with Crippen LogP contribution in [-0.2, 0) is 4.74 Å². The van der Waals surface area contributed by atoms with Crippen LogP contribution in [0.5, 0.6) is 0 Å². The first kappa shape index (κ1) is 8.01. The number of thiazole rings is 1. The highest BCUT2D eigenvalue weighted by atomic mass is 32.1. The van der Waals surface area contributed by atoms with E-state index in [-0.39, 0.29) is 0 Å². The van der Waals surface area contributed by atoms with Gasteiger partial charge in [-0.15, -0.1) is 11.3 Å². The molecule has 0 saturated carbocycles. The molecular formula is C8H12N2OS. The lowest BCUT2D eigenvalue weighted by Crippen LogP contribution is -2.52. The van der Waals surface area contributed by atoms with E-state index in [4.69, 9.17) is 4.74 Å². The summed E-state index contributed by atoms with van der Waals surface area (Å²) in [5.74, 6) is 0. The summed E-state index contributed by atoms with van der Waals surface area (Å²) in [7, 11) is 0. The van der Waals surface area contributed by atoms with Crippen molar-refractivity contribution < 1.29 is 4.74 Å². The van der Waals surface area contributed by atoms with Crippen LogP contribution in [0.3, 0.4) is 0 Å². The zero-order valence-electron chi connectivity index (χ0n) is 7.06. The number of rotatable bonds is 3. The van der Waals surface area contributed by atoms with Crippen molar-refractivity contribution in [2.45, 2.75) is 13.0 Å². The third kappa shape index (κ3) is 1.44. The third-order valence-corrected chi connectivity index (χ3v) is 2.77. The average molecular weight is 184 g/mol. The van der Waals surface area contributed by atoms with Crippen LogP contribution in [0.15, 0.2) is 11.6 Å². The Bertz CT molecular complexity index is 231. The molecule has 0 atom stereocenters. The maximum Gasteiger partial charge on any atom is 0.185 e. The maximum absolute atomic E-state index is 5.44. The minimum absolute atomic E-state index is 0.430. The first-order valence-electron chi connectivity index (χ1n) is 4.16. The second-order valence-electron chi connectivity index (χ2n) is 2.80. The molecule has 0 spiro atoms. The van der Waals surface area contributed by atoms with Gasteiger partial charge in [-0.2, -0.15) is 0 Å². The molecule has 1 saturated heterocycles. The molecule has 3 nitrogen and oxygen atoms in total. The average Bonchev–Trinajstić information content (AvgIpc) is 2.47. The van der Waals surface area contributed by atoms with Gasteiger partial charge in [-0.3, -0.25) is 0 Å². The van der Waals surface area contributed by atoms with Gasteiger partial charge in [-0.1, -0.05) is 0 Å². The first-order chi connectivity index (χ1) is 5.90. The second kappa shape index (κ2) is 3.41. The number of ether oxygens (including phenoxy) is 1. The Kier molecular flexibility index (Phi) is 2.28. The standard InChI is InChI=1S/C8H12N2OS/c1-2-11-7-5-10(6-7)8-9-3-4-12-8/h3-4,7H,2,5-6H2,1H3. The largest absolute Gasteiger partial charge is 0.375 e.